The van der Waals surface area contributed by atoms with Crippen molar-refractivity contribution in [1.82, 2.24) is 14.6 Å². The minimum absolute atomic E-state index is 0.0624. The van der Waals surface area contributed by atoms with E-state index in [1.54, 1.807) is 24.3 Å². The number of fused-ring (bicyclic) bond motifs is 2. The van der Waals surface area contributed by atoms with Gasteiger partial charge in [0.2, 0.25) is 0 Å². The standard InChI is InChI=1S/C26H23F3N4O4S/c1-13-4-9-16-19(10-13)38-24(22(16)25(35)37-3)31-23(34)18-12-21-30-17(14-5-7-15(36-2)8-6-14)11-20(26(27,28)29)33(21)32-18/h5-8,11-13H,4,9-10H2,1-3H3,(H,31,34). The van der Waals surface area contributed by atoms with Crippen LogP contribution < -0.4 is 10.1 Å². The normalized spacial score (nSPS) is 15.3. The Morgan fingerprint density at radius 3 is 2.55 bits per heavy atom. The number of nitrogens with one attached hydrogen (secondary N) is 1. The summed E-state index contributed by atoms with van der Waals surface area (Å²) in [6, 6.07) is 8.48. The first-order valence-corrected chi connectivity index (χ1v) is 12.6. The Labute approximate surface area is 219 Å². The van der Waals surface area contributed by atoms with Crippen LogP contribution in [0.4, 0.5) is 18.2 Å². The number of amides is 1. The molecule has 1 atom stereocenters. The third-order valence-corrected chi connectivity index (χ3v) is 7.63. The van der Waals surface area contributed by atoms with Crippen molar-refractivity contribution in [2.75, 3.05) is 19.5 Å². The number of rotatable bonds is 5. The SMILES string of the molecule is COC(=O)c1c(NC(=O)c2cc3nc(-c4ccc(OC)cc4)cc(C(F)(F)F)n3n2)sc2c1CCC(C)C2. The molecular formula is C26H23F3N4O4S. The van der Waals surface area contributed by atoms with Gasteiger partial charge in [-0.2, -0.15) is 18.3 Å². The van der Waals surface area contributed by atoms with Crippen LogP contribution in [0.15, 0.2) is 36.4 Å². The number of nitrogens with zero attached hydrogens (tertiary/aromatic N) is 3. The number of anilines is 1. The van der Waals surface area contributed by atoms with Gasteiger partial charge in [-0.15, -0.1) is 11.3 Å². The molecular weight excluding hydrogens is 521 g/mol. The Morgan fingerprint density at radius 1 is 1.16 bits per heavy atom. The fourth-order valence-electron chi connectivity index (χ4n) is 4.52. The zero-order valence-corrected chi connectivity index (χ0v) is 21.5. The van der Waals surface area contributed by atoms with E-state index in [9.17, 15) is 22.8 Å². The summed E-state index contributed by atoms with van der Waals surface area (Å²) in [5.74, 6) is -0.357. The third kappa shape index (κ3) is 4.71. The molecule has 8 nitrogen and oxygen atoms in total. The van der Waals surface area contributed by atoms with Gasteiger partial charge in [-0.05, 0) is 61.1 Å². The van der Waals surface area contributed by atoms with Crippen molar-refractivity contribution >= 4 is 33.9 Å². The predicted octanol–water partition coefficient (Wildman–Crippen LogP) is 5.65. The molecule has 1 aromatic carbocycles. The second-order valence-electron chi connectivity index (χ2n) is 9.05. The summed E-state index contributed by atoms with van der Waals surface area (Å²) >= 11 is 1.28. The lowest BCUT2D eigenvalue weighted by molar-refractivity contribution is -0.142. The molecule has 1 amide bonds. The lowest BCUT2D eigenvalue weighted by Gasteiger charge is -2.18. The number of hydrogen-bond donors (Lipinski definition) is 1. The van der Waals surface area contributed by atoms with Crippen LogP contribution in [-0.4, -0.2) is 40.7 Å². The highest BCUT2D eigenvalue weighted by atomic mass is 32.1. The van der Waals surface area contributed by atoms with Gasteiger partial charge in [-0.3, -0.25) is 4.79 Å². The van der Waals surface area contributed by atoms with Crippen LogP contribution in [0.2, 0.25) is 0 Å². The average molecular weight is 545 g/mol. The van der Waals surface area contributed by atoms with E-state index in [-0.39, 0.29) is 22.6 Å². The van der Waals surface area contributed by atoms with Crippen LogP contribution in [0.1, 0.15) is 50.3 Å². The van der Waals surface area contributed by atoms with Gasteiger partial charge in [-0.25, -0.2) is 14.3 Å². The fraction of sp³-hybridized carbons (Fsp3) is 0.308. The molecule has 0 radical (unpaired) electrons. The molecule has 5 rings (SSSR count). The summed E-state index contributed by atoms with van der Waals surface area (Å²) in [5, 5.41) is 6.88. The van der Waals surface area contributed by atoms with E-state index in [1.165, 1.54) is 31.6 Å². The van der Waals surface area contributed by atoms with Crippen LogP contribution in [0, 0.1) is 5.92 Å². The molecule has 0 spiro atoms. The first kappa shape index (κ1) is 25.7. The van der Waals surface area contributed by atoms with Gasteiger partial charge in [0.15, 0.2) is 17.0 Å². The largest absolute Gasteiger partial charge is 0.497 e. The molecule has 0 saturated carbocycles. The zero-order chi connectivity index (χ0) is 27.2. The van der Waals surface area contributed by atoms with Crippen molar-refractivity contribution in [1.29, 1.82) is 0 Å². The van der Waals surface area contributed by atoms with E-state index in [0.717, 1.165) is 29.3 Å². The number of thiophene rings is 1. The molecule has 0 fully saturated rings. The Balaban J connectivity index is 1.54. The van der Waals surface area contributed by atoms with Gasteiger partial charge < -0.3 is 14.8 Å². The number of benzene rings is 1. The minimum atomic E-state index is -4.76. The van der Waals surface area contributed by atoms with Crippen LogP contribution >= 0.6 is 11.3 Å². The fourth-order valence-corrected chi connectivity index (χ4v) is 5.91. The Hall–Kier alpha value is -3.93. The minimum Gasteiger partial charge on any atom is -0.497 e. The molecule has 1 aliphatic carbocycles. The van der Waals surface area contributed by atoms with Crippen molar-refractivity contribution in [2.45, 2.75) is 32.4 Å². The van der Waals surface area contributed by atoms with Crippen molar-refractivity contribution < 1.29 is 32.2 Å². The van der Waals surface area contributed by atoms with E-state index in [4.69, 9.17) is 9.47 Å². The van der Waals surface area contributed by atoms with E-state index in [1.807, 2.05) is 0 Å². The molecule has 12 heteroatoms. The summed E-state index contributed by atoms with van der Waals surface area (Å²) in [6.45, 7) is 2.11. The monoisotopic (exact) mass is 544 g/mol. The average Bonchev–Trinajstić information content (AvgIpc) is 3.48. The van der Waals surface area contributed by atoms with Crippen LogP contribution in [0.3, 0.4) is 0 Å². The molecule has 4 aromatic rings. The lowest BCUT2D eigenvalue weighted by Crippen LogP contribution is -2.17. The Morgan fingerprint density at radius 2 is 1.89 bits per heavy atom. The number of aromatic nitrogens is 3. The quantitative estimate of drug-likeness (QED) is 0.327. The second-order valence-corrected chi connectivity index (χ2v) is 10.2. The molecule has 198 valence electrons. The van der Waals surface area contributed by atoms with Crippen molar-refractivity contribution in [2.24, 2.45) is 5.92 Å². The maximum Gasteiger partial charge on any atom is 0.433 e. The first-order chi connectivity index (χ1) is 18.1. The maximum atomic E-state index is 14.0. The summed E-state index contributed by atoms with van der Waals surface area (Å²) in [7, 11) is 2.75. The van der Waals surface area contributed by atoms with E-state index in [2.05, 4.69) is 22.3 Å². The topological polar surface area (TPSA) is 94.8 Å². The molecule has 3 aromatic heterocycles. The molecule has 1 aliphatic rings. The predicted molar refractivity (Wildman–Crippen MR) is 135 cm³/mol. The van der Waals surface area contributed by atoms with E-state index in [0.29, 0.717) is 33.2 Å². The first-order valence-electron chi connectivity index (χ1n) is 11.8. The van der Waals surface area contributed by atoms with Crippen molar-refractivity contribution in [3.8, 4) is 17.0 Å². The molecule has 0 bridgehead atoms. The van der Waals surface area contributed by atoms with Gasteiger partial charge >= 0.3 is 12.1 Å². The number of alkyl halides is 3. The van der Waals surface area contributed by atoms with Crippen molar-refractivity contribution in [3.63, 3.8) is 0 Å². The lowest BCUT2D eigenvalue weighted by atomic mass is 9.88. The maximum absolute atomic E-state index is 14.0. The van der Waals surface area contributed by atoms with Crippen LogP contribution in [0.5, 0.6) is 5.75 Å². The van der Waals surface area contributed by atoms with Gasteiger partial charge in [0.05, 0.1) is 25.5 Å². The molecule has 0 aliphatic heterocycles. The number of halogens is 3. The van der Waals surface area contributed by atoms with Gasteiger partial charge in [-0.1, -0.05) is 6.92 Å². The van der Waals surface area contributed by atoms with Gasteiger partial charge in [0.25, 0.3) is 5.91 Å². The van der Waals surface area contributed by atoms with Gasteiger partial charge in [0, 0.05) is 16.5 Å². The number of esters is 1. The Kier molecular flexibility index (Phi) is 6.59. The summed E-state index contributed by atoms with van der Waals surface area (Å²) < 4.78 is 52.6. The number of methoxy groups -OCH3 is 2. The van der Waals surface area contributed by atoms with Crippen LogP contribution in [-0.2, 0) is 23.8 Å². The highest BCUT2D eigenvalue weighted by Gasteiger charge is 2.36. The number of ether oxygens (including phenoxy) is 2. The number of hydrogen-bond acceptors (Lipinski definition) is 7. The van der Waals surface area contributed by atoms with Gasteiger partial charge in [0.1, 0.15) is 10.8 Å². The number of carbonyl (C=O) groups excluding carboxylic acids is 2. The Bertz CT molecular complexity index is 1540. The summed E-state index contributed by atoms with van der Waals surface area (Å²) in [4.78, 5) is 31.0. The van der Waals surface area contributed by atoms with Crippen LogP contribution in [0.25, 0.3) is 16.9 Å². The van der Waals surface area contributed by atoms with E-state index < -0.39 is 23.7 Å². The summed E-state index contributed by atoms with van der Waals surface area (Å²) in [5.41, 5.74) is 0.124. The smallest absolute Gasteiger partial charge is 0.433 e. The molecule has 38 heavy (non-hydrogen) atoms. The zero-order valence-electron chi connectivity index (χ0n) is 20.7. The summed E-state index contributed by atoms with van der Waals surface area (Å²) in [6.07, 6.45) is -2.42. The molecule has 3 heterocycles. The molecule has 1 unspecified atom stereocenters. The van der Waals surface area contributed by atoms with E-state index >= 15 is 0 Å². The second kappa shape index (κ2) is 9.75. The third-order valence-electron chi connectivity index (χ3n) is 6.46. The highest BCUT2D eigenvalue weighted by Crippen LogP contribution is 2.40. The van der Waals surface area contributed by atoms with Crippen molar-refractivity contribution in [3.05, 3.63) is 63.8 Å². The highest BCUT2D eigenvalue weighted by molar-refractivity contribution is 7.17. The number of carbonyl (C=O) groups is 2. The molecule has 0 saturated heterocycles. The molecule has 1 N–H and O–H groups in total.